The second-order valence-corrected chi connectivity index (χ2v) is 7.06. The lowest BCUT2D eigenvalue weighted by atomic mass is 10.0. The van der Waals surface area contributed by atoms with Crippen molar-refractivity contribution in [2.75, 3.05) is 12.3 Å². The molecule has 110 valence electrons. The zero-order valence-electron chi connectivity index (χ0n) is 12.3. The van der Waals surface area contributed by atoms with E-state index in [4.69, 9.17) is 4.74 Å². The monoisotopic (exact) mass is 291 g/mol. The third kappa shape index (κ3) is 3.70. The van der Waals surface area contributed by atoms with Gasteiger partial charge in [-0.2, -0.15) is 0 Å². The molecule has 1 aromatic carbocycles. The molecule has 2 atom stereocenters. The Hall–Kier alpha value is -0.670. The predicted molar refractivity (Wildman–Crippen MR) is 85.6 cm³/mol. The van der Waals surface area contributed by atoms with E-state index in [1.807, 2.05) is 11.8 Å². The van der Waals surface area contributed by atoms with Gasteiger partial charge in [-0.25, -0.2) is 0 Å². The number of ether oxygens (including phenoxy) is 1. The van der Waals surface area contributed by atoms with Crippen molar-refractivity contribution in [1.29, 1.82) is 0 Å². The van der Waals surface area contributed by atoms with Gasteiger partial charge in [-0.3, -0.25) is 0 Å². The predicted octanol–water partition coefficient (Wildman–Crippen LogP) is 4.10. The molecule has 3 rings (SSSR count). The number of para-hydroxylation sites is 1. The molecule has 1 aliphatic carbocycles. The van der Waals surface area contributed by atoms with Crippen molar-refractivity contribution in [1.82, 2.24) is 5.32 Å². The van der Waals surface area contributed by atoms with Crippen LogP contribution in [0.3, 0.4) is 0 Å². The van der Waals surface area contributed by atoms with Crippen molar-refractivity contribution in [2.24, 2.45) is 5.92 Å². The van der Waals surface area contributed by atoms with Crippen LogP contribution in [0.5, 0.6) is 5.75 Å². The van der Waals surface area contributed by atoms with Crippen molar-refractivity contribution < 1.29 is 4.74 Å². The summed E-state index contributed by atoms with van der Waals surface area (Å²) >= 11 is 1.94. The van der Waals surface area contributed by atoms with Gasteiger partial charge in [-0.1, -0.05) is 31.9 Å². The minimum Gasteiger partial charge on any atom is -0.487 e. The van der Waals surface area contributed by atoms with Gasteiger partial charge in [0.2, 0.25) is 0 Å². The molecule has 2 unspecified atom stereocenters. The summed E-state index contributed by atoms with van der Waals surface area (Å²) in [4.78, 5) is 1.29. The summed E-state index contributed by atoms with van der Waals surface area (Å²) in [5.74, 6) is 3.15. The van der Waals surface area contributed by atoms with Gasteiger partial charge in [0, 0.05) is 16.7 Å². The highest BCUT2D eigenvalue weighted by molar-refractivity contribution is 7.99. The Labute approximate surface area is 126 Å². The quantitative estimate of drug-likeness (QED) is 0.817. The lowest BCUT2D eigenvalue weighted by Crippen LogP contribution is -2.46. The van der Waals surface area contributed by atoms with Crippen LogP contribution in [0.2, 0.25) is 0 Å². The number of benzene rings is 1. The first-order valence-electron chi connectivity index (χ1n) is 7.98. The molecule has 0 saturated heterocycles. The Balaban J connectivity index is 1.61. The van der Waals surface area contributed by atoms with E-state index >= 15 is 0 Å². The highest BCUT2D eigenvalue weighted by Crippen LogP contribution is 2.38. The van der Waals surface area contributed by atoms with E-state index in [9.17, 15) is 0 Å². The molecule has 0 aromatic heterocycles. The van der Waals surface area contributed by atoms with E-state index in [1.54, 1.807) is 0 Å². The van der Waals surface area contributed by atoms with Gasteiger partial charge in [0.05, 0.1) is 0 Å². The van der Waals surface area contributed by atoms with E-state index in [-0.39, 0.29) is 0 Å². The van der Waals surface area contributed by atoms with Gasteiger partial charge >= 0.3 is 0 Å². The first-order chi connectivity index (χ1) is 9.86. The summed E-state index contributed by atoms with van der Waals surface area (Å²) in [5.41, 5.74) is 0. The zero-order valence-corrected chi connectivity index (χ0v) is 13.1. The maximum Gasteiger partial charge on any atom is 0.133 e. The molecule has 1 aliphatic heterocycles. The van der Waals surface area contributed by atoms with Crippen LogP contribution in [-0.2, 0) is 0 Å². The van der Waals surface area contributed by atoms with Gasteiger partial charge in [-0.05, 0) is 43.9 Å². The molecular weight excluding hydrogens is 266 g/mol. The van der Waals surface area contributed by atoms with E-state index in [2.05, 4.69) is 36.5 Å². The molecule has 0 radical (unpaired) electrons. The number of hydrogen-bond donors (Lipinski definition) is 1. The minimum atomic E-state index is 0.320. The molecule has 1 N–H and O–H groups in total. The lowest BCUT2D eigenvalue weighted by molar-refractivity contribution is 0.158. The third-order valence-corrected chi connectivity index (χ3v) is 5.36. The van der Waals surface area contributed by atoms with Gasteiger partial charge < -0.3 is 10.1 Å². The molecule has 20 heavy (non-hydrogen) atoms. The molecule has 1 aromatic rings. The van der Waals surface area contributed by atoms with Crippen LogP contribution in [-0.4, -0.2) is 24.4 Å². The highest BCUT2D eigenvalue weighted by atomic mass is 32.2. The third-order valence-electron chi connectivity index (χ3n) is 4.22. The molecule has 0 amide bonds. The summed E-state index contributed by atoms with van der Waals surface area (Å²) in [7, 11) is 0. The summed E-state index contributed by atoms with van der Waals surface area (Å²) in [6.45, 7) is 3.33. The largest absolute Gasteiger partial charge is 0.487 e. The van der Waals surface area contributed by atoms with Crippen molar-refractivity contribution in [3.8, 4) is 5.75 Å². The summed E-state index contributed by atoms with van der Waals surface area (Å²) in [5, 5.41) is 3.71. The molecule has 1 saturated carbocycles. The van der Waals surface area contributed by atoms with Gasteiger partial charge in [0.25, 0.3) is 0 Å². The fourth-order valence-corrected chi connectivity index (χ4v) is 3.88. The maximum absolute atomic E-state index is 6.26. The lowest BCUT2D eigenvalue weighted by Gasteiger charge is -2.32. The zero-order chi connectivity index (χ0) is 13.8. The van der Waals surface area contributed by atoms with Crippen LogP contribution < -0.4 is 10.1 Å². The fraction of sp³-hybridized carbons (Fsp3) is 0.647. The van der Waals surface area contributed by atoms with Gasteiger partial charge in [0.15, 0.2) is 0 Å². The van der Waals surface area contributed by atoms with Crippen LogP contribution in [0.25, 0.3) is 0 Å². The van der Waals surface area contributed by atoms with Crippen molar-refractivity contribution >= 4 is 11.8 Å². The molecule has 2 nitrogen and oxygen atoms in total. The van der Waals surface area contributed by atoms with Crippen LogP contribution >= 0.6 is 11.8 Å². The second kappa shape index (κ2) is 6.86. The average Bonchev–Trinajstić information content (AvgIpc) is 3.31. The Morgan fingerprint density at radius 2 is 2.20 bits per heavy atom. The first kappa shape index (κ1) is 14.3. The molecule has 3 heteroatoms. The number of nitrogens with one attached hydrogen (secondary N) is 1. The van der Waals surface area contributed by atoms with Crippen LogP contribution in [0.15, 0.2) is 29.2 Å². The van der Waals surface area contributed by atoms with Crippen molar-refractivity contribution in [3.63, 3.8) is 0 Å². The van der Waals surface area contributed by atoms with Gasteiger partial charge in [-0.15, -0.1) is 11.8 Å². The Kier molecular flexibility index (Phi) is 4.90. The number of hydrogen-bond acceptors (Lipinski definition) is 3. The topological polar surface area (TPSA) is 21.3 Å². The minimum absolute atomic E-state index is 0.320. The number of rotatable bonds is 7. The number of thioether (sulfide) groups is 1. The fourth-order valence-electron chi connectivity index (χ4n) is 2.80. The SMILES string of the molecule is CCCNC(CCC1CC1)C1CSc2ccccc2O1. The van der Waals surface area contributed by atoms with E-state index in [1.165, 1.54) is 37.0 Å². The number of fused-ring (bicyclic) bond motifs is 1. The van der Waals surface area contributed by atoms with E-state index in [0.717, 1.165) is 24.0 Å². The van der Waals surface area contributed by atoms with Crippen molar-refractivity contribution in [2.45, 2.75) is 56.1 Å². The summed E-state index contributed by atoms with van der Waals surface area (Å²) < 4.78 is 6.26. The Bertz CT molecular complexity index is 433. The smallest absolute Gasteiger partial charge is 0.133 e. The Morgan fingerprint density at radius 3 is 3.00 bits per heavy atom. The van der Waals surface area contributed by atoms with E-state index in [0.29, 0.717) is 12.1 Å². The molecule has 1 fully saturated rings. The first-order valence-corrected chi connectivity index (χ1v) is 8.97. The summed E-state index contributed by atoms with van der Waals surface area (Å²) in [6, 6.07) is 8.94. The molecule has 1 heterocycles. The standard InChI is InChI=1S/C17H25NOS/c1-2-11-18-14(10-9-13-7-8-13)16-12-20-17-6-4-3-5-15(17)19-16/h3-6,13-14,16,18H,2,7-12H2,1H3. The van der Waals surface area contributed by atoms with Crippen LogP contribution in [0.1, 0.15) is 39.0 Å². The average molecular weight is 291 g/mol. The second-order valence-electron chi connectivity index (χ2n) is 6.00. The molecular formula is C17H25NOS. The van der Waals surface area contributed by atoms with Crippen LogP contribution in [0.4, 0.5) is 0 Å². The molecule has 0 spiro atoms. The highest BCUT2D eigenvalue weighted by Gasteiger charge is 2.30. The van der Waals surface area contributed by atoms with E-state index < -0.39 is 0 Å². The maximum atomic E-state index is 6.26. The van der Waals surface area contributed by atoms with Crippen molar-refractivity contribution in [3.05, 3.63) is 24.3 Å². The summed E-state index contributed by atoms with van der Waals surface area (Å²) in [6.07, 6.45) is 7.04. The van der Waals surface area contributed by atoms with Gasteiger partial charge in [0.1, 0.15) is 11.9 Å². The molecule has 2 aliphatic rings. The Morgan fingerprint density at radius 1 is 1.35 bits per heavy atom. The molecule has 0 bridgehead atoms. The van der Waals surface area contributed by atoms with Crippen LogP contribution in [0, 0.1) is 5.92 Å². The normalized spacial score (nSPS) is 22.9.